The van der Waals surface area contributed by atoms with E-state index in [2.05, 4.69) is 14.5 Å². The first-order valence-corrected chi connectivity index (χ1v) is 4.89. The fourth-order valence-electron chi connectivity index (χ4n) is 1.26. The predicted octanol–water partition coefficient (Wildman–Crippen LogP) is 2.18. The van der Waals surface area contributed by atoms with Gasteiger partial charge in [-0.1, -0.05) is 12.2 Å². The zero-order chi connectivity index (χ0) is 9.80. The smallest absolute Gasteiger partial charge is 0.0921 e. The molecule has 0 aromatic carbocycles. The maximum atomic E-state index is 5.01. The van der Waals surface area contributed by atoms with Crippen LogP contribution in [-0.2, 0) is 13.0 Å². The van der Waals surface area contributed by atoms with Crippen molar-refractivity contribution in [3.8, 4) is 0 Å². The van der Waals surface area contributed by atoms with E-state index in [0.717, 1.165) is 23.2 Å². The molecule has 0 radical (unpaired) electrons. The molecule has 1 N–H and O–H groups in total. The highest BCUT2D eigenvalue weighted by atomic mass is 32.1. The summed E-state index contributed by atoms with van der Waals surface area (Å²) < 4.78 is 2.99. The van der Waals surface area contributed by atoms with Crippen LogP contribution >= 0.6 is 12.2 Å². The lowest BCUT2D eigenvalue weighted by Crippen LogP contribution is -2.00. The highest BCUT2D eigenvalue weighted by molar-refractivity contribution is 7.71. The number of H-pyrrole nitrogens is 1. The fraction of sp³-hybridized carbons (Fsp3) is 0.200. The quantitative estimate of drug-likeness (QED) is 0.779. The Morgan fingerprint density at radius 1 is 1.36 bits per heavy atom. The van der Waals surface area contributed by atoms with E-state index in [1.54, 1.807) is 6.33 Å². The van der Waals surface area contributed by atoms with Gasteiger partial charge in [0.05, 0.1) is 6.33 Å². The second kappa shape index (κ2) is 4.19. The molecule has 2 heterocycles. The lowest BCUT2D eigenvalue weighted by molar-refractivity contribution is 0.682. The van der Waals surface area contributed by atoms with Gasteiger partial charge in [-0.15, -0.1) is 0 Å². The molecule has 4 heteroatoms. The SMILES string of the molecule is S=c1ccn(CCc2cnc[nH]2)cc1. The van der Waals surface area contributed by atoms with Crippen LogP contribution in [-0.4, -0.2) is 14.5 Å². The van der Waals surface area contributed by atoms with Crippen LogP contribution in [0.15, 0.2) is 37.1 Å². The molecule has 0 fully saturated rings. The molecule has 0 saturated carbocycles. The van der Waals surface area contributed by atoms with E-state index >= 15 is 0 Å². The first-order valence-electron chi connectivity index (χ1n) is 4.48. The van der Waals surface area contributed by atoms with Crippen molar-refractivity contribution >= 4 is 12.2 Å². The van der Waals surface area contributed by atoms with E-state index in [-0.39, 0.29) is 0 Å². The summed E-state index contributed by atoms with van der Waals surface area (Å²) >= 11 is 5.01. The zero-order valence-electron chi connectivity index (χ0n) is 7.68. The highest BCUT2D eigenvalue weighted by Gasteiger charge is 1.93. The molecule has 14 heavy (non-hydrogen) atoms. The van der Waals surface area contributed by atoms with Gasteiger partial charge < -0.3 is 9.55 Å². The van der Waals surface area contributed by atoms with Gasteiger partial charge in [0, 0.05) is 41.8 Å². The Hall–Kier alpha value is -1.42. The minimum Gasteiger partial charge on any atom is -0.354 e. The molecule has 0 unspecified atom stereocenters. The number of rotatable bonds is 3. The van der Waals surface area contributed by atoms with Crippen molar-refractivity contribution in [2.24, 2.45) is 0 Å². The fourth-order valence-corrected chi connectivity index (χ4v) is 1.39. The molecule has 2 aromatic heterocycles. The van der Waals surface area contributed by atoms with Gasteiger partial charge >= 0.3 is 0 Å². The van der Waals surface area contributed by atoms with Crippen LogP contribution in [0.1, 0.15) is 5.69 Å². The molecule has 0 aliphatic carbocycles. The summed E-state index contributed by atoms with van der Waals surface area (Å²) in [4.78, 5) is 7.04. The van der Waals surface area contributed by atoms with E-state index < -0.39 is 0 Å². The first kappa shape index (κ1) is 9.15. The molecular weight excluding hydrogens is 194 g/mol. The number of hydrogen-bond donors (Lipinski definition) is 1. The Balaban J connectivity index is 1.99. The standard InChI is InChI=1S/C10H11N3S/c14-10-2-5-13(6-3-10)4-1-9-7-11-8-12-9/h2-3,5-8H,1,4H2,(H,11,12). The van der Waals surface area contributed by atoms with Crippen LogP contribution in [0.2, 0.25) is 0 Å². The lowest BCUT2D eigenvalue weighted by atomic mass is 10.3. The lowest BCUT2D eigenvalue weighted by Gasteiger charge is -2.03. The van der Waals surface area contributed by atoms with Gasteiger partial charge in [0.1, 0.15) is 0 Å². The van der Waals surface area contributed by atoms with Crippen LogP contribution in [0.3, 0.4) is 0 Å². The van der Waals surface area contributed by atoms with E-state index in [1.165, 1.54) is 0 Å². The zero-order valence-corrected chi connectivity index (χ0v) is 8.50. The van der Waals surface area contributed by atoms with Crippen molar-refractivity contribution in [1.29, 1.82) is 0 Å². The molecule has 0 aliphatic rings. The number of aromatic amines is 1. The molecular formula is C10H11N3S. The van der Waals surface area contributed by atoms with Crippen LogP contribution in [0.25, 0.3) is 0 Å². The largest absolute Gasteiger partial charge is 0.354 e. The number of aryl methyl sites for hydroxylation is 2. The average molecular weight is 205 g/mol. The molecule has 3 nitrogen and oxygen atoms in total. The van der Waals surface area contributed by atoms with Gasteiger partial charge in [-0.2, -0.15) is 0 Å². The van der Waals surface area contributed by atoms with Crippen molar-refractivity contribution in [3.05, 3.63) is 47.3 Å². The number of nitrogens with one attached hydrogen (secondary N) is 1. The minimum absolute atomic E-state index is 0.878. The summed E-state index contributed by atoms with van der Waals surface area (Å²) in [6.45, 7) is 0.942. The van der Waals surface area contributed by atoms with Gasteiger partial charge in [0.15, 0.2) is 0 Å². The number of imidazole rings is 1. The summed E-state index contributed by atoms with van der Waals surface area (Å²) in [5.74, 6) is 0. The monoisotopic (exact) mass is 205 g/mol. The van der Waals surface area contributed by atoms with Crippen LogP contribution in [0, 0.1) is 4.51 Å². The Kier molecular flexibility index (Phi) is 2.74. The second-order valence-electron chi connectivity index (χ2n) is 3.10. The van der Waals surface area contributed by atoms with Crippen molar-refractivity contribution < 1.29 is 0 Å². The Bertz CT molecular complexity index is 424. The summed E-state index contributed by atoms with van der Waals surface area (Å²) in [6, 6.07) is 3.87. The Labute approximate surface area is 87.4 Å². The molecule has 0 saturated heterocycles. The molecule has 0 amide bonds. The topological polar surface area (TPSA) is 33.6 Å². The summed E-state index contributed by atoms with van der Waals surface area (Å²) in [6.07, 6.45) is 8.51. The Morgan fingerprint density at radius 3 is 2.79 bits per heavy atom. The number of hydrogen-bond acceptors (Lipinski definition) is 2. The van der Waals surface area contributed by atoms with E-state index in [9.17, 15) is 0 Å². The summed E-state index contributed by atoms with van der Waals surface area (Å²) in [5.41, 5.74) is 1.15. The molecule has 0 spiro atoms. The van der Waals surface area contributed by atoms with Crippen molar-refractivity contribution in [1.82, 2.24) is 14.5 Å². The molecule has 2 aromatic rings. The van der Waals surface area contributed by atoms with Crippen LogP contribution in [0.5, 0.6) is 0 Å². The van der Waals surface area contributed by atoms with Crippen molar-refractivity contribution in [2.75, 3.05) is 0 Å². The summed E-state index contributed by atoms with van der Waals surface area (Å²) in [5, 5.41) is 0. The van der Waals surface area contributed by atoms with Gasteiger partial charge in [-0.3, -0.25) is 0 Å². The Morgan fingerprint density at radius 2 is 2.14 bits per heavy atom. The van der Waals surface area contributed by atoms with E-state index in [0.29, 0.717) is 0 Å². The highest BCUT2D eigenvalue weighted by Crippen LogP contribution is 1.97. The van der Waals surface area contributed by atoms with Gasteiger partial charge in [-0.05, 0) is 12.1 Å². The minimum atomic E-state index is 0.878. The number of pyridine rings is 1. The van der Waals surface area contributed by atoms with E-state index in [4.69, 9.17) is 12.2 Å². The third-order valence-electron chi connectivity index (χ3n) is 2.05. The first-order chi connectivity index (χ1) is 6.84. The van der Waals surface area contributed by atoms with Crippen molar-refractivity contribution in [3.63, 3.8) is 0 Å². The molecule has 0 bridgehead atoms. The summed E-state index contributed by atoms with van der Waals surface area (Å²) in [7, 11) is 0. The molecule has 2 rings (SSSR count). The number of nitrogens with zero attached hydrogens (tertiary/aromatic N) is 2. The van der Waals surface area contributed by atoms with Gasteiger partial charge in [-0.25, -0.2) is 4.98 Å². The van der Waals surface area contributed by atoms with Gasteiger partial charge in [0.2, 0.25) is 0 Å². The van der Waals surface area contributed by atoms with Gasteiger partial charge in [0.25, 0.3) is 0 Å². The predicted molar refractivity (Wildman–Crippen MR) is 57.6 cm³/mol. The maximum absolute atomic E-state index is 5.01. The molecule has 0 atom stereocenters. The normalized spacial score (nSPS) is 10.3. The number of aromatic nitrogens is 3. The molecule has 72 valence electrons. The van der Waals surface area contributed by atoms with Crippen molar-refractivity contribution in [2.45, 2.75) is 13.0 Å². The maximum Gasteiger partial charge on any atom is 0.0921 e. The third-order valence-corrected chi connectivity index (χ3v) is 2.33. The van der Waals surface area contributed by atoms with Crippen LogP contribution < -0.4 is 0 Å². The average Bonchev–Trinajstić information content (AvgIpc) is 2.70. The second-order valence-corrected chi connectivity index (χ2v) is 3.57. The van der Waals surface area contributed by atoms with E-state index in [1.807, 2.05) is 30.7 Å². The van der Waals surface area contributed by atoms with Crippen LogP contribution in [0.4, 0.5) is 0 Å². The third kappa shape index (κ3) is 2.29. The molecule has 0 aliphatic heterocycles.